The molecule has 3 rings (SSSR count). The van der Waals surface area contributed by atoms with E-state index in [2.05, 4.69) is 5.32 Å². The van der Waals surface area contributed by atoms with Crippen LogP contribution in [0.2, 0.25) is 10.0 Å². The second-order valence-corrected chi connectivity index (χ2v) is 8.90. The van der Waals surface area contributed by atoms with Crippen LogP contribution < -0.4 is 5.32 Å². The van der Waals surface area contributed by atoms with Crippen molar-refractivity contribution in [2.24, 2.45) is 0 Å². The lowest BCUT2D eigenvalue weighted by molar-refractivity contribution is -0.140. The Balaban J connectivity index is 1.96. The highest BCUT2D eigenvalue weighted by Crippen LogP contribution is 2.23. The molecule has 0 aliphatic carbocycles. The van der Waals surface area contributed by atoms with Gasteiger partial charge in [-0.05, 0) is 47.4 Å². The molecule has 7 heteroatoms. The third-order valence-corrected chi connectivity index (χ3v) is 6.03. The van der Waals surface area contributed by atoms with Crippen molar-refractivity contribution in [3.63, 3.8) is 0 Å². The zero-order valence-corrected chi connectivity index (χ0v) is 20.5. The minimum absolute atomic E-state index is 0.00352. The molecular weight excluding hydrogens is 474 g/mol. The van der Waals surface area contributed by atoms with E-state index < -0.39 is 6.04 Å². The van der Waals surface area contributed by atoms with Gasteiger partial charge in [-0.15, -0.1) is 0 Å². The highest BCUT2D eigenvalue weighted by molar-refractivity contribution is 6.35. The number of benzene rings is 3. The minimum atomic E-state index is -0.752. The van der Waals surface area contributed by atoms with E-state index >= 15 is 0 Å². The number of carbonyl (C=O) groups excluding carboxylic acids is 2. The highest BCUT2D eigenvalue weighted by atomic mass is 35.5. The summed E-state index contributed by atoms with van der Waals surface area (Å²) in [6, 6.07) is 19.7. The van der Waals surface area contributed by atoms with Crippen LogP contribution >= 0.6 is 23.2 Å². The number of hydrogen-bond donors (Lipinski definition) is 1. The SMILES string of the molecule is CCCNC(=O)[C@H](Cc1ccccc1)N(Cc1ccc(F)cc1)C(=O)Cc1ccc(Cl)cc1Cl. The molecule has 0 saturated carbocycles. The molecule has 34 heavy (non-hydrogen) atoms. The molecule has 178 valence electrons. The standard InChI is InChI=1S/C27H27Cl2FN2O2/c1-2-14-31-27(34)25(15-19-6-4-3-5-7-19)32(18-20-8-12-23(30)13-9-20)26(33)16-21-10-11-22(28)17-24(21)29/h3-13,17,25H,2,14-16,18H2,1H3,(H,31,34)/t25-/m0/s1. The van der Waals surface area contributed by atoms with Crippen molar-refractivity contribution in [3.05, 3.63) is 105 Å². The summed E-state index contributed by atoms with van der Waals surface area (Å²) in [6.45, 7) is 2.63. The van der Waals surface area contributed by atoms with Gasteiger partial charge in [0.2, 0.25) is 11.8 Å². The van der Waals surface area contributed by atoms with Gasteiger partial charge < -0.3 is 10.2 Å². The number of nitrogens with zero attached hydrogens (tertiary/aromatic N) is 1. The van der Waals surface area contributed by atoms with Crippen LogP contribution in [0, 0.1) is 5.82 Å². The van der Waals surface area contributed by atoms with Gasteiger partial charge in [0.05, 0.1) is 6.42 Å². The number of amides is 2. The molecule has 0 aromatic heterocycles. The lowest BCUT2D eigenvalue weighted by Crippen LogP contribution is -2.51. The molecule has 1 atom stereocenters. The molecule has 0 spiro atoms. The van der Waals surface area contributed by atoms with E-state index in [1.165, 1.54) is 12.1 Å². The zero-order valence-electron chi connectivity index (χ0n) is 18.9. The smallest absolute Gasteiger partial charge is 0.243 e. The van der Waals surface area contributed by atoms with Crippen LogP contribution in [0.5, 0.6) is 0 Å². The second-order valence-electron chi connectivity index (χ2n) is 8.06. The maximum absolute atomic E-state index is 13.6. The van der Waals surface area contributed by atoms with E-state index in [-0.39, 0.29) is 30.6 Å². The lowest BCUT2D eigenvalue weighted by atomic mass is 10.0. The molecule has 0 aliphatic heterocycles. The summed E-state index contributed by atoms with van der Waals surface area (Å²) in [5.74, 6) is -0.861. The summed E-state index contributed by atoms with van der Waals surface area (Å²) < 4.78 is 13.5. The summed E-state index contributed by atoms with van der Waals surface area (Å²) in [5, 5.41) is 3.79. The van der Waals surface area contributed by atoms with Gasteiger partial charge in [0.1, 0.15) is 11.9 Å². The molecule has 0 saturated heterocycles. The first-order valence-electron chi connectivity index (χ1n) is 11.2. The fourth-order valence-corrected chi connectivity index (χ4v) is 4.11. The van der Waals surface area contributed by atoms with E-state index in [4.69, 9.17) is 23.2 Å². The normalized spacial score (nSPS) is 11.6. The van der Waals surface area contributed by atoms with E-state index in [1.54, 1.807) is 35.2 Å². The van der Waals surface area contributed by atoms with Gasteiger partial charge in [0.15, 0.2) is 0 Å². The molecule has 2 amide bonds. The van der Waals surface area contributed by atoms with Gasteiger partial charge in [-0.25, -0.2) is 4.39 Å². The topological polar surface area (TPSA) is 49.4 Å². The van der Waals surface area contributed by atoms with Crippen molar-refractivity contribution in [1.29, 1.82) is 0 Å². The summed E-state index contributed by atoms with van der Waals surface area (Å²) in [4.78, 5) is 28.4. The molecule has 3 aromatic rings. The number of nitrogens with one attached hydrogen (secondary N) is 1. The Bertz CT molecular complexity index is 1110. The Morgan fingerprint density at radius 1 is 0.971 bits per heavy atom. The first-order valence-corrected chi connectivity index (χ1v) is 11.9. The van der Waals surface area contributed by atoms with Crippen molar-refractivity contribution in [1.82, 2.24) is 10.2 Å². The Hall–Kier alpha value is -2.89. The number of rotatable bonds is 10. The minimum Gasteiger partial charge on any atom is -0.354 e. The van der Waals surface area contributed by atoms with Crippen LogP contribution in [0.1, 0.15) is 30.0 Å². The Morgan fingerprint density at radius 2 is 1.68 bits per heavy atom. The Labute approximate surface area is 209 Å². The lowest BCUT2D eigenvalue weighted by Gasteiger charge is -2.32. The maximum atomic E-state index is 13.6. The highest BCUT2D eigenvalue weighted by Gasteiger charge is 2.30. The summed E-state index contributed by atoms with van der Waals surface area (Å²) in [6.07, 6.45) is 1.12. The van der Waals surface area contributed by atoms with Crippen LogP contribution in [-0.2, 0) is 29.0 Å². The number of hydrogen-bond acceptors (Lipinski definition) is 2. The molecule has 0 aliphatic rings. The van der Waals surface area contributed by atoms with Gasteiger partial charge in [-0.2, -0.15) is 0 Å². The molecule has 0 radical (unpaired) electrons. The summed E-state index contributed by atoms with van der Waals surface area (Å²) in [5.41, 5.74) is 2.27. The van der Waals surface area contributed by atoms with Crippen LogP contribution in [0.15, 0.2) is 72.8 Å². The van der Waals surface area contributed by atoms with Crippen LogP contribution in [0.25, 0.3) is 0 Å². The molecule has 0 fully saturated rings. The largest absolute Gasteiger partial charge is 0.354 e. The van der Waals surface area contributed by atoms with Crippen molar-refractivity contribution < 1.29 is 14.0 Å². The van der Waals surface area contributed by atoms with Crippen molar-refractivity contribution in [2.45, 2.75) is 38.8 Å². The van der Waals surface area contributed by atoms with Gasteiger partial charge in [-0.1, -0.05) is 78.7 Å². The molecule has 4 nitrogen and oxygen atoms in total. The van der Waals surface area contributed by atoms with Gasteiger partial charge >= 0.3 is 0 Å². The summed E-state index contributed by atoms with van der Waals surface area (Å²) in [7, 11) is 0. The predicted molar refractivity (Wildman–Crippen MR) is 134 cm³/mol. The van der Waals surface area contributed by atoms with Crippen molar-refractivity contribution >= 4 is 35.0 Å². The molecule has 0 heterocycles. The molecular formula is C27H27Cl2FN2O2. The quantitative estimate of drug-likeness (QED) is 0.380. The maximum Gasteiger partial charge on any atom is 0.243 e. The van der Waals surface area contributed by atoms with E-state index in [1.807, 2.05) is 37.3 Å². The zero-order chi connectivity index (χ0) is 24.5. The van der Waals surface area contributed by atoms with Crippen LogP contribution in [-0.4, -0.2) is 29.3 Å². The average Bonchev–Trinajstić information content (AvgIpc) is 2.83. The third kappa shape index (κ3) is 7.31. The third-order valence-electron chi connectivity index (χ3n) is 5.44. The average molecular weight is 501 g/mol. The number of carbonyl (C=O) groups is 2. The summed E-state index contributed by atoms with van der Waals surface area (Å²) >= 11 is 12.3. The monoisotopic (exact) mass is 500 g/mol. The Kier molecular flexibility index (Phi) is 9.49. The van der Waals surface area contributed by atoms with Crippen molar-refractivity contribution in [3.8, 4) is 0 Å². The van der Waals surface area contributed by atoms with E-state index in [0.717, 1.165) is 17.5 Å². The second kappa shape index (κ2) is 12.5. The van der Waals surface area contributed by atoms with Gasteiger partial charge in [0.25, 0.3) is 0 Å². The molecule has 0 unspecified atom stereocenters. The number of halogens is 3. The Morgan fingerprint density at radius 3 is 2.32 bits per heavy atom. The molecule has 3 aromatic carbocycles. The van der Waals surface area contributed by atoms with Gasteiger partial charge in [0, 0.05) is 29.6 Å². The first kappa shape index (κ1) is 25.7. The van der Waals surface area contributed by atoms with Crippen LogP contribution in [0.3, 0.4) is 0 Å². The van der Waals surface area contributed by atoms with E-state index in [9.17, 15) is 14.0 Å². The first-order chi connectivity index (χ1) is 16.4. The van der Waals surface area contributed by atoms with Crippen LogP contribution in [0.4, 0.5) is 4.39 Å². The van der Waals surface area contributed by atoms with E-state index in [0.29, 0.717) is 28.6 Å². The molecule has 1 N–H and O–H groups in total. The van der Waals surface area contributed by atoms with Gasteiger partial charge in [-0.3, -0.25) is 9.59 Å². The fraction of sp³-hybridized carbons (Fsp3) is 0.259. The van der Waals surface area contributed by atoms with Crippen molar-refractivity contribution in [2.75, 3.05) is 6.54 Å². The fourth-order valence-electron chi connectivity index (χ4n) is 3.64. The molecule has 0 bridgehead atoms. The predicted octanol–water partition coefficient (Wildman–Crippen LogP) is 5.84.